The Morgan fingerprint density at radius 2 is 1.80 bits per heavy atom. The maximum atomic E-state index is 13.6. The number of hydrogen-bond donors (Lipinski definition) is 4. The van der Waals surface area contributed by atoms with E-state index in [9.17, 15) is 27.6 Å². The van der Waals surface area contributed by atoms with Gasteiger partial charge in [-0.05, 0) is 42.2 Å². The summed E-state index contributed by atoms with van der Waals surface area (Å²) in [7, 11) is -9.26. The van der Waals surface area contributed by atoms with E-state index in [2.05, 4.69) is 5.32 Å². The van der Waals surface area contributed by atoms with E-state index < -0.39 is 48.7 Å². The molecule has 0 saturated carbocycles. The van der Waals surface area contributed by atoms with E-state index in [1.165, 1.54) is 24.3 Å². The number of carbonyl (C=O) groups excluding carboxylic acids is 1. The first-order chi connectivity index (χ1) is 18.3. The van der Waals surface area contributed by atoms with Crippen LogP contribution in [0.5, 0.6) is 0 Å². The van der Waals surface area contributed by atoms with Crippen LogP contribution in [0.3, 0.4) is 0 Å². The van der Waals surface area contributed by atoms with Crippen molar-refractivity contribution in [2.75, 3.05) is 32.0 Å². The van der Waals surface area contributed by atoms with Crippen LogP contribution in [0, 0.1) is 5.92 Å². The number of phosphoric acid groups is 1. The molecule has 0 unspecified atom stereocenters. The van der Waals surface area contributed by atoms with Gasteiger partial charge in [-0.25, -0.2) is 17.8 Å². The first-order valence-corrected chi connectivity index (χ1v) is 15.5. The summed E-state index contributed by atoms with van der Waals surface area (Å²) in [5.74, 6) is -0.142. The number of hydrogen-bond acceptors (Lipinski definition) is 8. The SMILES string of the molecule is CC(C)CN(C[C@@H](OP(=O)(O)O)[C@H](Cc1ccccc1)NC(=O)O[C@H]1CCOC1)S(=O)(=O)c1ccc(N)cc1.[NaH]. The molecule has 1 fully saturated rings. The zero-order valence-electron chi connectivity index (χ0n) is 21.9. The van der Waals surface area contributed by atoms with Gasteiger partial charge in [0.2, 0.25) is 10.0 Å². The summed E-state index contributed by atoms with van der Waals surface area (Å²) in [6, 6.07) is 13.5. The second-order valence-corrected chi connectivity index (χ2v) is 12.9. The first-order valence-electron chi connectivity index (χ1n) is 12.5. The topological polar surface area (TPSA) is 178 Å². The van der Waals surface area contributed by atoms with E-state index in [1.54, 1.807) is 30.3 Å². The zero-order valence-corrected chi connectivity index (χ0v) is 23.6. The molecule has 0 bridgehead atoms. The number of ether oxygens (including phenoxy) is 2. The third-order valence-corrected chi connectivity index (χ3v) is 8.35. The van der Waals surface area contributed by atoms with Crippen LogP contribution in [0.2, 0.25) is 0 Å². The average molecular weight is 610 g/mol. The van der Waals surface area contributed by atoms with Crippen molar-refractivity contribution >= 4 is 59.2 Å². The number of amides is 1. The van der Waals surface area contributed by atoms with Crippen LogP contribution < -0.4 is 11.1 Å². The second kappa shape index (κ2) is 15.6. The van der Waals surface area contributed by atoms with Gasteiger partial charge in [0.15, 0.2) is 0 Å². The van der Waals surface area contributed by atoms with Crippen LogP contribution in [-0.2, 0) is 35.0 Å². The van der Waals surface area contributed by atoms with Gasteiger partial charge in [0, 0.05) is 25.2 Å². The molecule has 15 heteroatoms. The number of alkyl carbamates (subject to hydrolysis) is 1. The Labute approximate surface area is 257 Å². The Hall–Kier alpha value is -1.51. The van der Waals surface area contributed by atoms with E-state index in [-0.39, 0.29) is 59.9 Å². The summed E-state index contributed by atoms with van der Waals surface area (Å²) < 4.78 is 56.2. The van der Waals surface area contributed by atoms with Gasteiger partial charge in [-0.3, -0.25) is 4.52 Å². The van der Waals surface area contributed by atoms with Crippen molar-refractivity contribution in [2.45, 2.75) is 49.8 Å². The molecule has 1 heterocycles. The summed E-state index contributed by atoms with van der Waals surface area (Å²) >= 11 is 0. The number of carbonyl (C=O) groups is 1. The molecule has 5 N–H and O–H groups in total. The summed E-state index contributed by atoms with van der Waals surface area (Å²) in [5.41, 5.74) is 6.82. The minimum atomic E-state index is -5.12. The monoisotopic (exact) mass is 609 g/mol. The molecule has 1 aliphatic rings. The Morgan fingerprint density at radius 1 is 1.15 bits per heavy atom. The van der Waals surface area contributed by atoms with Crippen LogP contribution in [-0.4, -0.2) is 103 Å². The molecule has 1 saturated heterocycles. The van der Waals surface area contributed by atoms with Crippen molar-refractivity contribution in [3.63, 3.8) is 0 Å². The molecule has 0 radical (unpaired) electrons. The van der Waals surface area contributed by atoms with Crippen molar-refractivity contribution in [3.8, 4) is 0 Å². The van der Waals surface area contributed by atoms with Gasteiger partial charge in [-0.1, -0.05) is 44.2 Å². The van der Waals surface area contributed by atoms with Crippen molar-refractivity contribution < 1.29 is 41.6 Å². The van der Waals surface area contributed by atoms with Crippen molar-refractivity contribution in [3.05, 3.63) is 60.2 Å². The van der Waals surface area contributed by atoms with E-state index in [0.29, 0.717) is 18.7 Å². The summed E-state index contributed by atoms with van der Waals surface area (Å²) in [5, 5.41) is 2.65. The van der Waals surface area contributed by atoms with E-state index >= 15 is 0 Å². The van der Waals surface area contributed by atoms with Crippen LogP contribution in [0.15, 0.2) is 59.5 Å². The predicted octanol–water partition coefficient (Wildman–Crippen LogP) is 1.87. The van der Waals surface area contributed by atoms with Crippen molar-refractivity contribution in [1.82, 2.24) is 9.62 Å². The number of rotatable bonds is 13. The molecule has 1 aliphatic heterocycles. The fourth-order valence-corrected chi connectivity index (χ4v) is 6.35. The van der Waals surface area contributed by atoms with Crippen LogP contribution in [0.1, 0.15) is 25.8 Å². The summed E-state index contributed by atoms with van der Waals surface area (Å²) in [4.78, 5) is 32.3. The molecule has 218 valence electrons. The quantitative estimate of drug-likeness (QED) is 0.149. The van der Waals surface area contributed by atoms with Crippen molar-refractivity contribution in [2.24, 2.45) is 5.92 Å². The molecule has 0 aromatic heterocycles. The average Bonchev–Trinajstić information content (AvgIpc) is 3.35. The van der Waals surface area contributed by atoms with Crippen LogP contribution in [0.4, 0.5) is 10.5 Å². The van der Waals surface area contributed by atoms with Crippen LogP contribution >= 0.6 is 7.82 Å². The molecule has 2 aromatic carbocycles. The normalized spacial score (nSPS) is 17.3. The fourth-order valence-electron chi connectivity index (χ4n) is 4.16. The van der Waals surface area contributed by atoms with E-state index in [0.717, 1.165) is 9.87 Å². The Balaban J connectivity index is 0.00000560. The summed E-state index contributed by atoms with van der Waals surface area (Å²) in [6.07, 6.45) is -2.14. The number of nitrogen functional groups attached to an aromatic ring is 1. The molecule has 3 rings (SSSR count). The third-order valence-electron chi connectivity index (χ3n) is 5.96. The number of phosphoric ester groups is 1. The molecule has 3 atom stereocenters. The first kappa shape index (κ1) is 34.7. The van der Waals surface area contributed by atoms with E-state index in [1.807, 2.05) is 13.8 Å². The molecule has 40 heavy (non-hydrogen) atoms. The van der Waals surface area contributed by atoms with Gasteiger partial charge in [0.1, 0.15) is 12.2 Å². The number of sulfonamides is 1. The van der Waals surface area contributed by atoms with Gasteiger partial charge in [-0.2, -0.15) is 4.31 Å². The van der Waals surface area contributed by atoms with Gasteiger partial charge in [-0.15, -0.1) is 0 Å². The third kappa shape index (κ3) is 11.1. The van der Waals surface area contributed by atoms with Crippen molar-refractivity contribution in [1.29, 1.82) is 0 Å². The number of nitrogens with one attached hydrogen (secondary N) is 1. The molecule has 2 aromatic rings. The molecular weight excluding hydrogens is 572 g/mol. The number of anilines is 1. The maximum absolute atomic E-state index is 13.6. The Bertz CT molecular complexity index is 1220. The molecule has 0 spiro atoms. The van der Waals surface area contributed by atoms with Gasteiger partial charge < -0.3 is 30.3 Å². The van der Waals surface area contributed by atoms with Gasteiger partial charge >= 0.3 is 43.5 Å². The molecular formula is C25H37N3NaO9PS. The minimum absolute atomic E-state index is 0. The standard InChI is InChI=1S/C25H36N3O9PS.Na.H/c1-18(2)15-28(39(33,34)22-10-8-20(26)9-11-22)16-24(37-38(30,31)32)23(14-19-6-4-3-5-7-19)27-25(29)36-21-12-13-35-17-21;;/h3-11,18,21,23-24H,12-17,26H2,1-2H3,(H,27,29)(H2,30,31,32);;/t21-,23-,24+;;/m0../s1. The predicted molar refractivity (Wildman–Crippen MR) is 151 cm³/mol. The van der Waals surface area contributed by atoms with E-state index in [4.69, 9.17) is 19.7 Å². The Kier molecular flexibility index (Phi) is 13.6. The van der Waals surface area contributed by atoms with Gasteiger partial charge in [0.05, 0.1) is 24.2 Å². The van der Waals surface area contributed by atoms with Crippen LogP contribution in [0.25, 0.3) is 0 Å². The second-order valence-electron chi connectivity index (χ2n) is 9.75. The number of benzene rings is 2. The number of nitrogens with two attached hydrogens (primary N) is 1. The zero-order chi connectivity index (χ0) is 28.6. The van der Waals surface area contributed by atoms with Gasteiger partial charge in [0.25, 0.3) is 0 Å². The molecule has 1 amide bonds. The molecule has 12 nitrogen and oxygen atoms in total. The molecule has 0 aliphatic carbocycles. The summed E-state index contributed by atoms with van der Waals surface area (Å²) in [6.45, 7) is 3.87. The number of nitrogens with zero attached hydrogens (tertiary/aromatic N) is 1. The Morgan fingerprint density at radius 3 is 2.35 bits per heavy atom. The fraction of sp³-hybridized carbons (Fsp3) is 0.480.